The molecule has 1 aliphatic heterocycles. The number of likely N-dealkylation sites (tertiary alicyclic amines) is 1. The zero-order valence-electron chi connectivity index (χ0n) is 10.3. The van der Waals surface area contributed by atoms with Gasteiger partial charge in [-0.25, -0.2) is 0 Å². The summed E-state index contributed by atoms with van der Waals surface area (Å²) in [6.45, 7) is 6.38. The molecule has 1 aromatic rings. The molecule has 0 spiro atoms. The lowest BCUT2D eigenvalue weighted by Gasteiger charge is -2.36. The second-order valence-electron chi connectivity index (χ2n) is 5.01. The molecule has 1 aliphatic rings. The van der Waals surface area contributed by atoms with E-state index in [1.54, 1.807) is 0 Å². The van der Waals surface area contributed by atoms with Crippen molar-refractivity contribution in [3.8, 4) is 0 Å². The van der Waals surface area contributed by atoms with Crippen molar-refractivity contribution in [2.24, 2.45) is 17.6 Å². The van der Waals surface area contributed by atoms with Gasteiger partial charge in [-0.3, -0.25) is 9.88 Å². The number of hydrogen-bond acceptors (Lipinski definition) is 3. The third kappa shape index (κ3) is 3.50. The van der Waals surface area contributed by atoms with Gasteiger partial charge in [-0.1, -0.05) is 6.92 Å². The van der Waals surface area contributed by atoms with E-state index >= 15 is 0 Å². The van der Waals surface area contributed by atoms with Crippen LogP contribution in [0.5, 0.6) is 0 Å². The Balaban J connectivity index is 1.95. The van der Waals surface area contributed by atoms with Crippen molar-refractivity contribution in [1.82, 2.24) is 9.88 Å². The molecule has 0 saturated carbocycles. The van der Waals surface area contributed by atoms with Gasteiger partial charge in [0.05, 0.1) is 0 Å². The summed E-state index contributed by atoms with van der Waals surface area (Å²) in [6.07, 6.45) is 5.02. The first-order valence-electron chi connectivity index (χ1n) is 6.21. The quantitative estimate of drug-likeness (QED) is 0.931. The second-order valence-corrected chi connectivity index (χ2v) is 5.92. The Morgan fingerprint density at radius 1 is 1.53 bits per heavy atom. The van der Waals surface area contributed by atoms with Crippen LogP contribution in [0.15, 0.2) is 22.9 Å². The maximum Gasteiger partial charge on any atom is 0.0410 e. The first kappa shape index (κ1) is 13.0. The zero-order chi connectivity index (χ0) is 12.3. The van der Waals surface area contributed by atoms with E-state index in [-0.39, 0.29) is 0 Å². The second kappa shape index (κ2) is 5.94. The number of nitrogens with two attached hydrogens (primary N) is 1. The number of piperidine rings is 1. The molecule has 0 bridgehead atoms. The average Bonchev–Trinajstić information content (AvgIpc) is 2.32. The van der Waals surface area contributed by atoms with E-state index in [0.717, 1.165) is 30.0 Å². The van der Waals surface area contributed by atoms with Crippen LogP contribution in [0.25, 0.3) is 0 Å². The molecule has 2 rings (SSSR count). The van der Waals surface area contributed by atoms with Crippen molar-refractivity contribution >= 4 is 15.9 Å². The van der Waals surface area contributed by atoms with Crippen molar-refractivity contribution < 1.29 is 0 Å². The van der Waals surface area contributed by atoms with Gasteiger partial charge in [0.1, 0.15) is 0 Å². The van der Waals surface area contributed by atoms with Crippen LogP contribution < -0.4 is 5.73 Å². The highest BCUT2D eigenvalue weighted by molar-refractivity contribution is 9.10. The van der Waals surface area contributed by atoms with Crippen LogP contribution in [0.3, 0.4) is 0 Å². The van der Waals surface area contributed by atoms with Gasteiger partial charge < -0.3 is 5.73 Å². The van der Waals surface area contributed by atoms with E-state index in [1.807, 2.05) is 12.4 Å². The summed E-state index contributed by atoms with van der Waals surface area (Å²) in [5.74, 6) is 1.40. The third-order valence-corrected chi connectivity index (χ3v) is 4.10. The molecule has 0 aliphatic carbocycles. The Bertz CT molecular complexity index is 369. The first-order valence-corrected chi connectivity index (χ1v) is 7.00. The summed E-state index contributed by atoms with van der Waals surface area (Å²) in [5.41, 5.74) is 7.10. The van der Waals surface area contributed by atoms with Gasteiger partial charge in [-0.15, -0.1) is 0 Å². The summed E-state index contributed by atoms with van der Waals surface area (Å²) in [6, 6.07) is 2.14. The van der Waals surface area contributed by atoms with E-state index in [2.05, 4.69) is 38.8 Å². The van der Waals surface area contributed by atoms with Crippen LogP contribution in [0.1, 0.15) is 18.9 Å². The molecular formula is C13H20BrN3. The van der Waals surface area contributed by atoms with Crippen LogP contribution in [-0.4, -0.2) is 29.5 Å². The van der Waals surface area contributed by atoms with Crippen molar-refractivity contribution in [1.29, 1.82) is 0 Å². The van der Waals surface area contributed by atoms with Gasteiger partial charge in [0.25, 0.3) is 0 Å². The fraction of sp³-hybridized carbons (Fsp3) is 0.615. The smallest absolute Gasteiger partial charge is 0.0410 e. The maximum atomic E-state index is 5.83. The van der Waals surface area contributed by atoms with E-state index in [1.165, 1.54) is 18.5 Å². The predicted octanol–water partition coefficient (Wildman–Crippen LogP) is 2.26. The van der Waals surface area contributed by atoms with E-state index in [0.29, 0.717) is 5.92 Å². The van der Waals surface area contributed by atoms with Gasteiger partial charge in [0, 0.05) is 30.0 Å². The molecular weight excluding hydrogens is 278 g/mol. The molecule has 2 atom stereocenters. The lowest BCUT2D eigenvalue weighted by Crippen LogP contribution is -2.42. The van der Waals surface area contributed by atoms with E-state index in [9.17, 15) is 0 Å². The standard InChI is InChI=1S/C13H20BrN3/c1-10-2-3-17(9-12(10)5-15)8-11-4-13(14)7-16-6-11/h4,6-7,10,12H,2-3,5,8-9,15H2,1H3. The Hall–Kier alpha value is -0.450. The maximum absolute atomic E-state index is 5.83. The number of pyridine rings is 1. The summed E-state index contributed by atoms with van der Waals surface area (Å²) in [5, 5.41) is 0. The van der Waals surface area contributed by atoms with Crippen LogP contribution in [-0.2, 0) is 6.54 Å². The molecule has 0 aromatic carbocycles. The average molecular weight is 298 g/mol. The van der Waals surface area contributed by atoms with Crippen molar-refractivity contribution in [2.75, 3.05) is 19.6 Å². The summed E-state index contributed by atoms with van der Waals surface area (Å²) in [7, 11) is 0. The van der Waals surface area contributed by atoms with Crippen LogP contribution in [0.2, 0.25) is 0 Å². The Morgan fingerprint density at radius 3 is 3.06 bits per heavy atom. The lowest BCUT2D eigenvalue weighted by atomic mass is 9.87. The van der Waals surface area contributed by atoms with Crippen LogP contribution in [0.4, 0.5) is 0 Å². The van der Waals surface area contributed by atoms with Gasteiger partial charge in [0.15, 0.2) is 0 Å². The van der Waals surface area contributed by atoms with E-state index < -0.39 is 0 Å². The molecule has 0 amide bonds. The first-order chi connectivity index (χ1) is 8.19. The molecule has 1 saturated heterocycles. The number of halogens is 1. The van der Waals surface area contributed by atoms with Gasteiger partial charge >= 0.3 is 0 Å². The molecule has 94 valence electrons. The number of rotatable bonds is 3. The monoisotopic (exact) mass is 297 g/mol. The highest BCUT2D eigenvalue weighted by Gasteiger charge is 2.24. The summed E-state index contributed by atoms with van der Waals surface area (Å²) in [4.78, 5) is 6.69. The molecule has 2 unspecified atom stereocenters. The largest absolute Gasteiger partial charge is 0.330 e. The molecule has 2 N–H and O–H groups in total. The highest BCUT2D eigenvalue weighted by Crippen LogP contribution is 2.23. The fourth-order valence-electron chi connectivity index (χ4n) is 2.48. The highest BCUT2D eigenvalue weighted by atomic mass is 79.9. The van der Waals surface area contributed by atoms with E-state index in [4.69, 9.17) is 5.73 Å². The minimum absolute atomic E-state index is 0.642. The van der Waals surface area contributed by atoms with Crippen molar-refractivity contribution in [3.05, 3.63) is 28.5 Å². The number of nitrogens with zero attached hydrogens (tertiary/aromatic N) is 2. The topological polar surface area (TPSA) is 42.2 Å². The molecule has 1 fully saturated rings. The fourth-order valence-corrected chi connectivity index (χ4v) is 2.89. The van der Waals surface area contributed by atoms with Crippen molar-refractivity contribution in [2.45, 2.75) is 19.9 Å². The Morgan fingerprint density at radius 2 is 2.35 bits per heavy atom. The summed E-state index contributed by atoms with van der Waals surface area (Å²) < 4.78 is 1.05. The zero-order valence-corrected chi connectivity index (χ0v) is 11.9. The lowest BCUT2D eigenvalue weighted by molar-refractivity contribution is 0.126. The number of hydrogen-bond donors (Lipinski definition) is 1. The van der Waals surface area contributed by atoms with Gasteiger partial charge in [0.2, 0.25) is 0 Å². The van der Waals surface area contributed by atoms with Gasteiger partial charge in [-0.05, 0) is 58.9 Å². The summed E-state index contributed by atoms with van der Waals surface area (Å²) >= 11 is 3.46. The molecule has 0 radical (unpaired) electrons. The normalized spacial score (nSPS) is 26.1. The molecule has 2 heterocycles. The molecule has 1 aromatic heterocycles. The molecule has 3 nitrogen and oxygen atoms in total. The third-order valence-electron chi connectivity index (χ3n) is 3.67. The molecule has 4 heteroatoms. The Labute approximate surface area is 112 Å². The minimum Gasteiger partial charge on any atom is -0.330 e. The van der Waals surface area contributed by atoms with Crippen LogP contribution in [0, 0.1) is 11.8 Å². The minimum atomic E-state index is 0.642. The Kier molecular flexibility index (Phi) is 4.54. The predicted molar refractivity (Wildman–Crippen MR) is 73.5 cm³/mol. The number of aromatic nitrogens is 1. The van der Waals surface area contributed by atoms with Crippen molar-refractivity contribution in [3.63, 3.8) is 0 Å². The van der Waals surface area contributed by atoms with Crippen LogP contribution >= 0.6 is 15.9 Å². The SMILES string of the molecule is CC1CCN(Cc2cncc(Br)c2)CC1CN. The van der Waals surface area contributed by atoms with Gasteiger partial charge in [-0.2, -0.15) is 0 Å². The molecule has 17 heavy (non-hydrogen) atoms.